The maximum absolute atomic E-state index is 12.0. The molecule has 1 aliphatic rings. The highest BCUT2D eigenvalue weighted by Gasteiger charge is 2.18. The second-order valence-corrected chi connectivity index (χ2v) is 7.47. The molecule has 0 bridgehead atoms. The summed E-state index contributed by atoms with van der Waals surface area (Å²) in [7, 11) is 0. The molecule has 0 spiro atoms. The minimum atomic E-state index is -0.354. The van der Waals surface area contributed by atoms with E-state index in [-0.39, 0.29) is 17.4 Å². The van der Waals surface area contributed by atoms with Crippen molar-refractivity contribution in [3.8, 4) is 0 Å². The molecular formula is C22H18Cl2N2O4. The Morgan fingerprint density at radius 2 is 1.53 bits per heavy atom. The summed E-state index contributed by atoms with van der Waals surface area (Å²) in [5.41, 5.74) is 1.26. The van der Waals surface area contributed by atoms with Crippen molar-refractivity contribution in [3.63, 3.8) is 0 Å². The van der Waals surface area contributed by atoms with Gasteiger partial charge in [0.2, 0.25) is 5.56 Å². The number of fused-ring (bicyclic) bond motifs is 2. The molecule has 1 N–H and O–H groups in total. The standard InChI is InChI=1S/C13H12ClNO3.C9H6ClNO/c14-10-7-12(16)15(8-13-17-5-6-18-13)11-4-2-1-3-9(10)11;10-7-5-9(12)11-8-4-2-1-3-6(7)8/h1-4,7,13H,5-6,8H2;1-5H,(H,11,12). The van der Waals surface area contributed by atoms with E-state index in [1.807, 2.05) is 48.5 Å². The number of hydrogen-bond acceptors (Lipinski definition) is 4. The second kappa shape index (κ2) is 9.02. The number of ether oxygens (including phenoxy) is 2. The number of nitrogens with zero attached hydrogens (tertiary/aromatic N) is 1. The monoisotopic (exact) mass is 444 g/mol. The number of H-pyrrole nitrogens is 1. The normalized spacial score (nSPS) is 14.1. The van der Waals surface area contributed by atoms with E-state index >= 15 is 0 Å². The third kappa shape index (κ3) is 4.42. The number of aromatic amines is 1. The fourth-order valence-electron chi connectivity index (χ4n) is 3.31. The Labute approximate surface area is 181 Å². The van der Waals surface area contributed by atoms with Gasteiger partial charge in [-0.3, -0.25) is 9.59 Å². The minimum Gasteiger partial charge on any atom is -0.348 e. The molecule has 6 nitrogen and oxygen atoms in total. The lowest BCUT2D eigenvalue weighted by Gasteiger charge is -2.14. The quantitative estimate of drug-likeness (QED) is 0.502. The Bertz CT molecular complexity index is 1310. The zero-order valence-electron chi connectivity index (χ0n) is 15.8. The molecule has 154 valence electrons. The highest BCUT2D eigenvalue weighted by Crippen LogP contribution is 2.22. The first-order valence-corrected chi connectivity index (χ1v) is 10.1. The fraction of sp³-hybridized carbons (Fsp3) is 0.182. The van der Waals surface area contributed by atoms with Crippen LogP contribution >= 0.6 is 23.2 Å². The van der Waals surface area contributed by atoms with Crippen molar-refractivity contribution in [2.45, 2.75) is 12.8 Å². The van der Waals surface area contributed by atoms with Crippen LogP contribution in [-0.2, 0) is 16.0 Å². The highest BCUT2D eigenvalue weighted by molar-refractivity contribution is 6.35. The van der Waals surface area contributed by atoms with E-state index < -0.39 is 0 Å². The lowest BCUT2D eigenvalue weighted by atomic mass is 10.2. The summed E-state index contributed by atoms with van der Waals surface area (Å²) >= 11 is 11.9. The Kier molecular flexibility index (Phi) is 6.20. The Morgan fingerprint density at radius 3 is 2.30 bits per heavy atom. The minimum absolute atomic E-state index is 0.141. The molecule has 5 rings (SSSR count). The van der Waals surface area contributed by atoms with Gasteiger partial charge < -0.3 is 19.0 Å². The zero-order chi connectivity index (χ0) is 21.1. The van der Waals surface area contributed by atoms with Crippen LogP contribution in [0.4, 0.5) is 0 Å². The van der Waals surface area contributed by atoms with Crippen LogP contribution in [0, 0.1) is 0 Å². The van der Waals surface area contributed by atoms with Gasteiger partial charge in [-0.05, 0) is 12.1 Å². The number of para-hydroxylation sites is 2. The molecule has 0 aliphatic carbocycles. The van der Waals surface area contributed by atoms with Crippen LogP contribution in [0.15, 0.2) is 70.3 Å². The maximum atomic E-state index is 12.0. The number of rotatable bonds is 2. The molecule has 8 heteroatoms. The Hall–Kier alpha value is -2.64. The van der Waals surface area contributed by atoms with Gasteiger partial charge in [-0.1, -0.05) is 59.6 Å². The van der Waals surface area contributed by atoms with Gasteiger partial charge in [0.25, 0.3) is 5.56 Å². The molecule has 1 aliphatic heterocycles. The molecule has 1 saturated heterocycles. The topological polar surface area (TPSA) is 73.3 Å². The van der Waals surface area contributed by atoms with E-state index in [1.54, 1.807) is 4.57 Å². The van der Waals surface area contributed by atoms with E-state index in [9.17, 15) is 9.59 Å². The number of pyridine rings is 2. The summed E-state index contributed by atoms with van der Waals surface area (Å²) in [5.74, 6) is 0. The van der Waals surface area contributed by atoms with Crippen molar-refractivity contribution in [1.29, 1.82) is 0 Å². The van der Waals surface area contributed by atoms with Crippen molar-refractivity contribution in [3.05, 3.63) is 91.4 Å². The van der Waals surface area contributed by atoms with Crippen molar-refractivity contribution >= 4 is 45.0 Å². The number of benzene rings is 2. The first-order valence-electron chi connectivity index (χ1n) is 9.32. The lowest BCUT2D eigenvalue weighted by molar-refractivity contribution is -0.0522. The van der Waals surface area contributed by atoms with Crippen LogP contribution in [0.2, 0.25) is 10.0 Å². The first-order chi connectivity index (χ1) is 14.5. The van der Waals surface area contributed by atoms with E-state index in [0.717, 1.165) is 21.8 Å². The molecule has 0 unspecified atom stereocenters. The number of aromatic nitrogens is 2. The molecular weight excluding hydrogens is 427 g/mol. The van der Waals surface area contributed by atoms with E-state index in [2.05, 4.69) is 4.98 Å². The molecule has 1 fully saturated rings. The van der Waals surface area contributed by atoms with Crippen LogP contribution in [0.5, 0.6) is 0 Å². The number of nitrogens with one attached hydrogen (secondary N) is 1. The molecule has 2 aromatic carbocycles. The predicted molar refractivity (Wildman–Crippen MR) is 118 cm³/mol. The molecule has 2 aromatic heterocycles. The van der Waals surface area contributed by atoms with Crippen LogP contribution in [0.1, 0.15) is 0 Å². The van der Waals surface area contributed by atoms with Crippen LogP contribution in [0.25, 0.3) is 21.8 Å². The van der Waals surface area contributed by atoms with Gasteiger partial charge in [-0.25, -0.2) is 0 Å². The van der Waals surface area contributed by atoms with Gasteiger partial charge in [0.1, 0.15) is 0 Å². The third-order valence-electron chi connectivity index (χ3n) is 4.69. The zero-order valence-corrected chi connectivity index (χ0v) is 17.3. The van der Waals surface area contributed by atoms with Crippen molar-refractivity contribution in [2.75, 3.05) is 13.2 Å². The molecule has 0 radical (unpaired) electrons. The van der Waals surface area contributed by atoms with Gasteiger partial charge in [-0.2, -0.15) is 0 Å². The van der Waals surface area contributed by atoms with Gasteiger partial charge in [0.15, 0.2) is 6.29 Å². The fourth-order valence-corrected chi connectivity index (χ4v) is 3.82. The molecule has 0 saturated carbocycles. The van der Waals surface area contributed by atoms with Crippen molar-refractivity contribution in [2.24, 2.45) is 0 Å². The van der Waals surface area contributed by atoms with E-state index in [1.165, 1.54) is 12.1 Å². The summed E-state index contributed by atoms with van der Waals surface area (Å²) in [4.78, 5) is 25.7. The van der Waals surface area contributed by atoms with E-state index in [0.29, 0.717) is 29.8 Å². The smallest absolute Gasteiger partial charge is 0.252 e. The number of hydrogen-bond donors (Lipinski definition) is 1. The first kappa shape index (κ1) is 20.6. The molecule has 3 heterocycles. The van der Waals surface area contributed by atoms with Gasteiger partial charge in [-0.15, -0.1) is 0 Å². The van der Waals surface area contributed by atoms with Gasteiger partial charge >= 0.3 is 0 Å². The van der Waals surface area contributed by atoms with E-state index in [4.69, 9.17) is 32.7 Å². The summed E-state index contributed by atoms with van der Waals surface area (Å²) in [6.07, 6.45) is -0.354. The van der Waals surface area contributed by atoms with Crippen molar-refractivity contribution < 1.29 is 9.47 Å². The van der Waals surface area contributed by atoms with Crippen molar-refractivity contribution in [1.82, 2.24) is 9.55 Å². The second-order valence-electron chi connectivity index (χ2n) is 6.66. The lowest BCUT2D eigenvalue weighted by Crippen LogP contribution is -2.27. The van der Waals surface area contributed by atoms with Crippen LogP contribution in [-0.4, -0.2) is 29.1 Å². The van der Waals surface area contributed by atoms with Crippen LogP contribution in [0.3, 0.4) is 0 Å². The summed E-state index contributed by atoms with van der Waals surface area (Å²) in [5, 5.41) is 2.70. The predicted octanol–water partition coefficient (Wildman–Crippen LogP) is 4.21. The third-order valence-corrected chi connectivity index (χ3v) is 5.32. The SMILES string of the molecule is O=c1cc(Cl)c2ccccc2[nH]1.O=c1cc(Cl)c2ccccc2n1CC1OCCO1. The highest BCUT2D eigenvalue weighted by atomic mass is 35.5. The average Bonchev–Trinajstić information content (AvgIpc) is 3.25. The Balaban J connectivity index is 0.000000158. The Morgan fingerprint density at radius 1 is 0.900 bits per heavy atom. The summed E-state index contributed by atoms with van der Waals surface area (Å²) < 4.78 is 12.4. The summed E-state index contributed by atoms with van der Waals surface area (Å²) in [6, 6.07) is 17.8. The summed E-state index contributed by atoms with van der Waals surface area (Å²) in [6.45, 7) is 1.53. The van der Waals surface area contributed by atoms with Crippen LogP contribution < -0.4 is 11.1 Å². The number of halogens is 2. The maximum Gasteiger partial charge on any atom is 0.252 e. The van der Waals surface area contributed by atoms with Gasteiger partial charge in [0.05, 0.1) is 35.3 Å². The largest absolute Gasteiger partial charge is 0.348 e. The van der Waals surface area contributed by atoms with Gasteiger partial charge in [0, 0.05) is 28.4 Å². The molecule has 0 amide bonds. The molecule has 30 heavy (non-hydrogen) atoms. The molecule has 4 aromatic rings. The molecule has 0 atom stereocenters. The average molecular weight is 445 g/mol.